The molecule has 1 aliphatic rings. The molecule has 2 rings (SSSR count). The van der Waals surface area contributed by atoms with Gasteiger partial charge in [0, 0.05) is 8.95 Å². The molecular weight excluding hydrogens is 352 g/mol. The lowest BCUT2D eigenvalue weighted by Gasteiger charge is -2.06. The molecule has 0 aromatic heterocycles. The number of nitrogens with zero attached hydrogens (tertiary/aromatic N) is 2. The first kappa shape index (κ1) is 12.1. The monoisotopic (exact) mass is 358 g/mol. The van der Waals surface area contributed by atoms with Gasteiger partial charge in [0.2, 0.25) is 0 Å². The summed E-state index contributed by atoms with van der Waals surface area (Å²) >= 11 is 6.79. The fourth-order valence-corrected chi connectivity index (χ4v) is 2.36. The van der Waals surface area contributed by atoms with E-state index in [-0.39, 0.29) is 17.4 Å². The number of halogens is 2. The zero-order chi connectivity index (χ0) is 12.4. The third-order valence-electron chi connectivity index (χ3n) is 2.01. The van der Waals surface area contributed by atoms with Gasteiger partial charge in [0.15, 0.2) is 17.4 Å². The van der Waals surface area contributed by atoms with Gasteiger partial charge >= 0.3 is 0 Å². The van der Waals surface area contributed by atoms with Crippen LogP contribution in [0, 0.1) is 5.41 Å². The fourth-order valence-electron chi connectivity index (χ4n) is 1.18. The highest BCUT2D eigenvalue weighted by molar-refractivity contribution is 9.11. The van der Waals surface area contributed by atoms with E-state index in [1.165, 1.54) is 0 Å². The summed E-state index contributed by atoms with van der Waals surface area (Å²) < 4.78 is 1.70. The molecule has 5 N–H and O–H groups in total. The van der Waals surface area contributed by atoms with Gasteiger partial charge in [-0.1, -0.05) is 6.07 Å². The van der Waals surface area contributed by atoms with Crippen LogP contribution in [0.4, 0.5) is 5.69 Å². The van der Waals surface area contributed by atoms with Crippen molar-refractivity contribution in [3.05, 3.63) is 27.1 Å². The number of amidine groups is 2. The number of para-hydroxylation sites is 1. The van der Waals surface area contributed by atoms with E-state index in [0.29, 0.717) is 0 Å². The van der Waals surface area contributed by atoms with Gasteiger partial charge in [-0.05, 0) is 44.0 Å². The first-order chi connectivity index (χ1) is 8.09. The zero-order valence-corrected chi connectivity index (χ0v) is 11.6. The minimum Gasteiger partial charge on any atom is -0.380 e. The molecule has 0 spiro atoms. The van der Waals surface area contributed by atoms with E-state index in [2.05, 4.69) is 52.9 Å². The smallest absolute Gasteiger partial charge is 0.175 e. The van der Waals surface area contributed by atoms with E-state index in [1.807, 2.05) is 18.2 Å². The molecule has 0 aliphatic carbocycles. The highest BCUT2D eigenvalue weighted by Gasteiger charge is 2.18. The van der Waals surface area contributed by atoms with E-state index < -0.39 is 0 Å². The topological polar surface area (TPSA) is 98.7 Å². The second kappa shape index (κ2) is 4.84. The maximum Gasteiger partial charge on any atom is 0.175 e. The van der Waals surface area contributed by atoms with Gasteiger partial charge in [0.25, 0.3) is 0 Å². The van der Waals surface area contributed by atoms with Crippen LogP contribution in [0.25, 0.3) is 0 Å². The van der Waals surface area contributed by atoms with Crippen molar-refractivity contribution in [3.63, 3.8) is 0 Å². The Labute approximate surface area is 114 Å². The van der Waals surface area contributed by atoms with Crippen molar-refractivity contribution in [2.45, 2.75) is 0 Å². The number of anilines is 1. The molecule has 8 heteroatoms. The van der Waals surface area contributed by atoms with Crippen LogP contribution in [-0.4, -0.2) is 17.4 Å². The van der Waals surface area contributed by atoms with Crippen LogP contribution >= 0.6 is 31.9 Å². The molecule has 0 fully saturated rings. The zero-order valence-electron chi connectivity index (χ0n) is 8.46. The highest BCUT2D eigenvalue weighted by Crippen LogP contribution is 2.30. The molecule has 17 heavy (non-hydrogen) atoms. The molecule has 0 saturated heterocycles. The van der Waals surface area contributed by atoms with Crippen molar-refractivity contribution in [2.24, 2.45) is 15.9 Å². The number of nitrogens with one attached hydrogen (secondary N) is 3. The Morgan fingerprint density at radius 1 is 1.35 bits per heavy atom. The first-order valence-corrected chi connectivity index (χ1v) is 6.14. The minimum absolute atomic E-state index is 0.0678. The van der Waals surface area contributed by atoms with Gasteiger partial charge in [0.1, 0.15) is 0 Å². The number of hydrogen-bond acceptors (Lipinski definition) is 5. The van der Waals surface area contributed by atoms with E-state index in [0.717, 1.165) is 14.6 Å². The van der Waals surface area contributed by atoms with Gasteiger partial charge < -0.3 is 5.73 Å². The summed E-state index contributed by atoms with van der Waals surface area (Å²) in [5.41, 5.74) is 11.9. The summed E-state index contributed by atoms with van der Waals surface area (Å²) in [6.07, 6.45) is 0. The molecule has 1 aromatic rings. The number of rotatable bonds is 2. The third-order valence-corrected chi connectivity index (χ3v) is 3.33. The second-order valence-corrected chi connectivity index (χ2v) is 4.86. The molecule has 1 aromatic carbocycles. The Bertz CT molecular complexity index is 516. The Morgan fingerprint density at radius 3 is 2.53 bits per heavy atom. The molecule has 1 heterocycles. The maximum atomic E-state index is 7.51. The lowest BCUT2D eigenvalue weighted by Crippen LogP contribution is -2.28. The molecule has 1 aliphatic heterocycles. The first-order valence-electron chi connectivity index (χ1n) is 4.56. The summed E-state index contributed by atoms with van der Waals surface area (Å²) in [6, 6.07) is 5.65. The summed E-state index contributed by atoms with van der Waals surface area (Å²) in [4.78, 5) is 0. The van der Waals surface area contributed by atoms with E-state index >= 15 is 0 Å². The summed E-state index contributed by atoms with van der Waals surface area (Å²) in [7, 11) is 0. The number of nitrogens with two attached hydrogens (primary N) is 1. The average Bonchev–Trinajstić information content (AvgIpc) is 2.59. The van der Waals surface area contributed by atoms with Gasteiger partial charge in [-0.15, -0.1) is 0 Å². The number of benzene rings is 1. The maximum absolute atomic E-state index is 7.51. The van der Waals surface area contributed by atoms with Gasteiger partial charge in [-0.25, -0.2) is 0 Å². The van der Waals surface area contributed by atoms with Crippen LogP contribution in [-0.2, 0) is 0 Å². The van der Waals surface area contributed by atoms with Gasteiger partial charge in [-0.3, -0.25) is 16.3 Å². The predicted octanol–water partition coefficient (Wildman–Crippen LogP) is 1.83. The highest BCUT2D eigenvalue weighted by atomic mass is 79.9. The standard InChI is InChI=1S/C9H8Br2N6/c10-4-2-1-3-5(11)6(4)14-15-7-8(12)16-17-9(7)13/h1-3,14H,(H4,12,13,15,16,17). The van der Waals surface area contributed by atoms with Crippen LogP contribution in [0.15, 0.2) is 37.3 Å². The van der Waals surface area contributed by atoms with Crippen LogP contribution in [0.3, 0.4) is 0 Å². The lowest BCUT2D eigenvalue weighted by atomic mass is 10.3. The van der Waals surface area contributed by atoms with Crippen LogP contribution < -0.4 is 16.6 Å². The van der Waals surface area contributed by atoms with Crippen molar-refractivity contribution in [3.8, 4) is 0 Å². The molecule has 0 amide bonds. The summed E-state index contributed by atoms with van der Waals surface area (Å²) in [6.45, 7) is 0. The van der Waals surface area contributed by atoms with E-state index in [1.54, 1.807) is 0 Å². The summed E-state index contributed by atoms with van der Waals surface area (Å²) in [5, 5.41) is 15.2. The van der Waals surface area contributed by atoms with Crippen molar-refractivity contribution in [2.75, 3.05) is 5.43 Å². The van der Waals surface area contributed by atoms with E-state index in [4.69, 9.17) is 11.1 Å². The van der Waals surface area contributed by atoms with Gasteiger partial charge in [0.05, 0.1) is 5.69 Å². The average molecular weight is 360 g/mol. The Hall–Kier alpha value is -1.41. The molecular formula is C9H8Br2N6. The quantitative estimate of drug-likeness (QED) is 0.606. The Balaban J connectivity index is 2.26. The second-order valence-electron chi connectivity index (χ2n) is 3.15. The molecule has 0 atom stereocenters. The molecule has 6 nitrogen and oxygen atoms in total. The molecule has 0 radical (unpaired) electrons. The Kier molecular flexibility index (Phi) is 3.43. The normalized spacial score (nSPS) is 16.9. The fraction of sp³-hybridized carbons (Fsp3) is 0. The number of hydrogen-bond donors (Lipinski definition) is 4. The lowest BCUT2D eigenvalue weighted by molar-refractivity contribution is 1.04. The molecule has 0 unspecified atom stereocenters. The van der Waals surface area contributed by atoms with Crippen molar-refractivity contribution < 1.29 is 0 Å². The van der Waals surface area contributed by atoms with Crippen molar-refractivity contribution >= 4 is 54.9 Å². The van der Waals surface area contributed by atoms with Crippen LogP contribution in [0.1, 0.15) is 0 Å². The predicted molar refractivity (Wildman–Crippen MR) is 75.4 cm³/mol. The largest absolute Gasteiger partial charge is 0.380 e. The van der Waals surface area contributed by atoms with Crippen molar-refractivity contribution in [1.82, 2.24) is 5.43 Å². The van der Waals surface area contributed by atoms with Crippen LogP contribution in [0.2, 0.25) is 0 Å². The Morgan fingerprint density at radius 2 is 2.00 bits per heavy atom. The SMILES string of the molecule is N=C1NN=C(N)/C1=N/Nc1c(Br)cccc1Br. The van der Waals surface area contributed by atoms with Crippen LogP contribution in [0.5, 0.6) is 0 Å². The molecule has 0 saturated carbocycles. The van der Waals surface area contributed by atoms with Gasteiger partial charge in [-0.2, -0.15) is 10.2 Å². The molecule has 0 bridgehead atoms. The molecule has 88 valence electrons. The van der Waals surface area contributed by atoms with Crippen molar-refractivity contribution in [1.29, 1.82) is 5.41 Å². The number of hydrazone groups is 2. The third kappa shape index (κ3) is 2.47. The minimum atomic E-state index is 0.0678. The summed E-state index contributed by atoms with van der Waals surface area (Å²) in [5.74, 6) is 0.254. The van der Waals surface area contributed by atoms with E-state index in [9.17, 15) is 0 Å².